The average Bonchev–Trinajstić information content (AvgIpc) is 2.61. The van der Waals surface area contributed by atoms with Crippen molar-refractivity contribution in [1.29, 1.82) is 0 Å². The molecule has 0 aliphatic carbocycles. The van der Waals surface area contributed by atoms with E-state index in [0.717, 1.165) is 22.9 Å². The van der Waals surface area contributed by atoms with E-state index in [1.165, 1.54) is 0 Å². The predicted molar refractivity (Wildman–Crippen MR) is 45.4 cm³/mol. The molecule has 12 heavy (non-hydrogen) atoms. The summed E-state index contributed by atoms with van der Waals surface area (Å²) in [4.78, 5) is 0. The first-order valence-corrected chi connectivity index (χ1v) is 4.89. The van der Waals surface area contributed by atoms with Gasteiger partial charge in [-0.25, -0.2) is 0 Å². The molecule has 1 aromatic rings. The van der Waals surface area contributed by atoms with Crippen LogP contribution in [0.4, 0.5) is 0 Å². The number of thioether (sulfide) groups is 1. The molecule has 0 saturated heterocycles. The second-order valence-corrected chi connectivity index (χ2v) is 3.62. The lowest BCUT2D eigenvalue weighted by Crippen LogP contribution is -1.94. The third kappa shape index (κ3) is 1.05. The van der Waals surface area contributed by atoms with E-state index in [1.54, 1.807) is 11.8 Å². The molecule has 66 valence electrons. The smallest absolute Gasteiger partial charge is 0.0937 e. The summed E-state index contributed by atoms with van der Waals surface area (Å²) in [5.41, 5.74) is 2.49. The van der Waals surface area contributed by atoms with Gasteiger partial charge in [0.2, 0.25) is 0 Å². The Labute approximate surface area is 74.2 Å². The summed E-state index contributed by atoms with van der Waals surface area (Å²) >= 11 is 1.77. The third-order valence-corrected chi connectivity index (χ3v) is 2.91. The SMILES string of the molecule is OCc1nn2c(c1CO)CSC2. The first-order chi connectivity index (χ1) is 5.86. The average molecular weight is 186 g/mol. The summed E-state index contributed by atoms with van der Waals surface area (Å²) in [5, 5.41) is 22.1. The van der Waals surface area contributed by atoms with Crippen LogP contribution in [0.25, 0.3) is 0 Å². The van der Waals surface area contributed by atoms with Crippen LogP contribution >= 0.6 is 11.8 Å². The summed E-state index contributed by atoms with van der Waals surface area (Å²) in [6.45, 7) is -0.105. The van der Waals surface area contributed by atoms with E-state index in [2.05, 4.69) is 5.10 Å². The van der Waals surface area contributed by atoms with Gasteiger partial charge in [0.05, 0.1) is 30.5 Å². The van der Waals surface area contributed by atoms with Crippen molar-refractivity contribution in [3.63, 3.8) is 0 Å². The van der Waals surface area contributed by atoms with Crippen molar-refractivity contribution in [2.24, 2.45) is 0 Å². The van der Waals surface area contributed by atoms with Crippen LogP contribution in [0.15, 0.2) is 0 Å². The van der Waals surface area contributed by atoms with Crippen molar-refractivity contribution in [2.75, 3.05) is 0 Å². The zero-order valence-electron chi connectivity index (χ0n) is 6.53. The normalized spacial score (nSPS) is 15.2. The van der Waals surface area contributed by atoms with Gasteiger partial charge in [-0.2, -0.15) is 5.10 Å². The highest BCUT2D eigenvalue weighted by atomic mass is 32.2. The fraction of sp³-hybridized carbons (Fsp3) is 0.571. The molecule has 0 aromatic carbocycles. The summed E-state index contributed by atoms with van der Waals surface area (Å²) in [6, 6.07) is 0. The molecular weight excluding hydrogens is 176 g/mol. The quantitative estimate of drug-likeness (QED) is 0.686. The molecule has 0 unspecified atom stereocenters. The minimum absolute atomic E-state index is 0.0220. The standard InChI is InChI=1S/C7H10N2O2S/c10-1-5-6(2-11)8-9-4-12-3-7(5)9/h10-11H,1-4H2. The molecule has 1 aliphatic heterocycles. The number of aliphatic hydroxyl groups excluding tert-OH is 2. The van der Waals surface area contributed by atoms with Gasteiger partial charge in [0.25, 0.3) is 0 Å². The van der Waals surface area contributed by atoms with Gasteiger partial charge in [-0.05, 0) is 0 Å². The maximum absolute atomic E-state index is 9.03. The van der Waals surface area contributed by atoms with Crippen molar-refractivity contribution in [3.8, 4) is 0 Å². The van der Waals surface area contributed by atoms with E-state index in [-0.39, 0.29) is 13.2 Å². The van der Waals surface area contributed by atoms with Gasteiger partial charge < -0.3 is 10.2 Å². The highest BCUT2D eigenvalue weighted by molar-refractivity contribution is 7.97. The van der Waals surface area contributed by atoms with E-state index in [1.807, 2.05) is 4.68 Å². The van der Waals surface area contributed by atoms with Gasteiger partial charge in [0.1, 0.15) is 0 Å². The van der Waals surface area contributed by atoms with E-state index >= 15 is 0 Å². The number of aromatic nitrogens is 2. The monoisotopic (exact) mass is 186 g/mol. The van der Waals surface area contributed by atoms with Gasteiger partial charge >= 0.3 is 0 Å². The Morgan fingerprint density at radius 3 is 2.92 bits per heavy atom. The van der Waals surface area contributed by atoms with Crippen molar-refractivity contribution in [3.05, 3.63) is 17.0 Å². The molecule has 0 saturated carbocycles. The minimum atomic E-state index is -0.0828. The van der Waals surface area contributed by atoms with Crippen LogP contribution in [0, 0.1) is 0 Å². The van der Waals surface area contributed by atoms with Crippen molar-refractivity contribution in [2.45, 2.75) is 24.8 Å². The molecule has 5 heteroatoms. The Kier molecular flexibility index (Phi) is 2.08. The largest absolute Gasteiger partial charge is 0.392 e. The van der Waals surface area contributed by atoms with Gasteiger partial charge in [-0.3, -0.25) is 4.68 Å². The van der Waals surface area contributed by atoms with Gasteiger partial charge in [0.15, 0.2) is 0 Å². The fourth-order valence-corrected chi connectivity index (χ4v) is 2.39. The number of hydrogen-bond acceptors (Lipinski definition) is 4. The number of aliphatic hydroxyl groups is 2. The first kappa shape index (κ1) is 8.10. The number of fused-ring (bicyclic) bond motifs is 1. The van der Waals surface area contributed by atoms with Crippen LogP contribution in [0.5, 0.6) is 0 Å². The summed E-state index contributed by atoms with van der Waals surface area (Å²) in [5.74, 6) is 1.73. The molecule has 4 nitrogen and oxygen atoms in total. The van der Waals surface area contributed by atoms with Crippen molar-refractivity contribution < 1.29 is 10.2 Å². The zero-order valence-corrected chi connectivity index (χ0v) is 7.34. The lowest BCUT2D eigenvalue weighted by atomic mass is 10.2. The van der Waals surface area contributed by atoms with E-state index < -0.39 is 0 Å². The molecule has 1 aromatic heterocycles. The van der Waals surface area contributed by atoms with Gasteiger partial charge in [0, 0.05) is 11.3 Å². The lowest BCUT2D eigenvalue weighted by Gasteiger charge is -1.95. The second kappa shape index (κ2) is 3.08. The van der Waals surface area contributed by atoms with Crippen molar-refractivity contribution >= 4 is 11.8 Å². The highest BCUT2D eigenvalue weighted by Gasteiger charge is 2.20. The Morgan fingerprint density at radius 2 is 2.25 bits per heavy atom. The Balaban J connectivity index is 2.46. The molecule has 2 rings (SSSR count). The zero-order chi connectivity index (χ0) is 8.55. The second-order valence-electron chi connectivity index (χ2n) is 2.67. The van der Waals surface area contributed by atoms with Crippen LogP contribution in [-0.4, -0.2) is 20.0 Å². The Hall–Kier alpha value is -0.520. The molecule has 1 aliphatic rings. The maximum Gasteiger partial charge on any atom is 0.0937 e. The van der Waals surface area contributed by atoms with E-state index in [4.69, 9.17) is 10.2 Å². The topological polar surface area (TPSA) is 58.3 Å². The highest BCUT2D eigenvalue weighted by Crippen LogP contribution is 2.28. The molecule has 0 atom stereocenters. The molecule has 2 heterocycles. The fourth-order valence-electron chi connectivity index (χ4n) is 1.40. The van der Waals surface area contributed by atoms with Crippen LogP contribution in [0.2, 0.25) is 0 Å². The van der Waals surface area contributed by atoms with Crippen LogP contribution in [0.1, 0.15) is 17.0 Å². The molecule has 0 spiro atoms. The molecular formula is C7H10N2O2S. The lowest BCUT2D eigenvalue weighted by molar-refractivity contribution is 0.257. The van der Waals surface area contributed by atoms with E-state index in [9.17, 15) is 0 Å². The number of rotatable bonds is 2. The van der Waals surface area contributed by atoms with Crippen LogP contribution < -0.4 is 0 Å². The number of hydrogen-bond donors (Lipinski definition) is 2. The molecule has 0 amide bonds. The first-order valence-electron chi connectivity index (χ1n) is 3.73. The van der Waals surface area contributed by atoms with Crippen molar-refractivity contribution in [1.82, 2.24) is 9.78 Å². The Bertz CT molecular complexity index is 298. The molecule has 0 bridgehead atoms. The predicted octanol–water partition coefficient (Wildman–Crippen LogP) is 0.0720. The minimum Gasteiger partial charge on any atom is -0.392 e. The van der Waals surface area contributed by atoms with Gasteiger partial charge in [-0.15, -0.1) is 11.8 Å². The third-order valence-electron chi connectivity index (χ3n) is 2.01. The van der Waals surface area contributed by atoms with Crippen LogP contribution in [-0.2, 0) is 24.8 Å². The maximum atomic E-state index is 9.03. The Morgan fingerprint density at radius 1 is 1.42 bits per heavy atom. The van der Waals surface area contributed by atoms with E-state index in [0.29, 0.717) is 5.69 Å². The van der Waals surface area contributed by atoms with Crippen LogP contribution in [0.3, 0.4) is 0 Å². The molecule has 0 fully saturated rings. The molecule has 2 N–H and O–H groups in total. The summed E-state index contributed by atoms with van der Waals surface area (Å²) < 4.78 is 1.85. The van der Waals surface area contributed by atoms with Gasteiger partial charge in [-0.1, -0.05) is 0 Å². The summed E-state index contributed by atoms with van der Waals surface area (Å²) in [7, 11) is 0. The molecule has 0 radical (unpaired) electrons. The summed E-state index contributed by atoms with van der Waals surface area (Å²) in [6.07, 6.45) is 0. The number of nitrogens with zero attached hydrogens (tertiary/aromatic N) is 2.